The van der Waals surface area contributed by atoms with E-state index in [1.54, 1.807) is 21.3 Å². The van der Waals surface area contributed by atoms with Gasteiger partial charge in [-0.1, -0.05) is 12.1 Å². The Kier molecular flexibility index (Phi) is 7.39. The third-order valence-corrected chi connectivity index (χ3v) is 5.79. The molecule has 1 fully saturated rings. The summed E-state index contributed by atoms with van der Waals surface area (Å²) < 4.78 is 16.4. The molecule has 0 aliphatic carbocycles. The Morgan fingerprint density at radius 2 is 1.57 bits per heavy atom. The van der Waals surface area contributed by atoms with Crippen LogP contribution in [0.15, 0.2) is 30.3 Å². The van der Waals surface area contributed by atoms with Crippen LogP contribution in [-0.2, 0) is 6.54 Å². The molecule has 0 radical (unpaired) electrons. The van der Waals surface area contributed by atoms with Crippen LogP contribution >= 0.6 is 12.2 Å². The van der Waals surface area contributed by atoms with Crippen molar-refractivity contribution >= 4 is 23.0 Å². The quantitative estimate of drug-likeness (QED) is 0.700. The van der Waals surface area contributed by atoms with Gasteiger partial charge in [0.25, 0.3) is 0 Å². The van der Waals surface area contributed by atoms with E-state index in [1.165, 1.54) is 11.1 Å². The number of methoxy groups -OCH3 is 3. The Bertz CT molecular complexity index is 870. The van der Waals surface area contributed by atoms with E-state index in [4.69, 9.17) is 26.4 Å². The van der Waals surface area contributed by atoms with E-state index in [9.17, 15) is 0 Å². The number of anilines is 1. The van der Waals surface area contributed by atoms with E-state index in [2.05, 4.69) is 47.2 Å². The van der Waals surface area contributed by atoms with Crippen LogP contribution in [0.3, 0.4) is 0 Å². The van der Waals surface area contributed by atoms with Gasteiger partial charge in [-0.05, 0) is 61.0 Å². The standard InChI is InChI=1S/C23H31N3O3S/c1-16-6-7-17(2)19(12-16)24-23(30)26-10-8-25(9-11-26)15-18-13-20(27-3)22(29-5)21(14-18)28-4/h6-7,12-14H,8-11,15H2,1-5H3,(H,24,30). The second-order valence-electron chi connectivity index (χ2n) is 7.55. The van der Waals surface area contributed by atoms with Crippen molar-refractivity contribution in [2.24, 2.45) is 0 Å². The van der Waals surface area contributed by atoms with Gasteiger partial charge < -0.3 is 24.4 Å². The first-order valence-electron chi connectivity index (χ1n) is 10.1. The van der Waals surface area contributed by atoms with Gasteiger partial charge in [0.1, 0.15) is 0 Å². The van der Waals surface area contributed by atoms with Crippen LogP contribution in [0.2, 0.25) is 0 Å². The summed E-state index contributed by atoms with van der Waals surface area (Å²) in [4.78, 5) is 4.65. The van der Waals surface area contributed by atoms with Gasteiger partial charge in [0.15, 0.2) is 16.6 Å². The molecule has 1 saturated heterocycles. The molecular weight excluding hydrogens is 398 g/mol. The number of nitrogens with one attached hydrogen (secondary N) is 1. The van der Waals surface area contributed by atoms with E-state index in [0.717, 1.165) is 49.1 Å². The molecule has 2 aromatic rings. The van der Waals surface area contributed by atoms with Gasteiger partial charge in [0.2, 0.25) is 5.75 Å². The van der Waals surface area contributed by atoms with Crippen LogP contribution in [0.4, 0.5) is 5.69 Å². The SMILES string of the molecule is COc1cc(CN2CCN(C(=S)Nc3cc(C)ccc3C)CC2)cc(OC)c1OC. The summed E-state index contributed by atoms with van der Waals surface area (Å²) in [5.41, 5.74) is 4.64. The fraction of sp³-hybridized carbons (Fsp3) is 0.435. The second-order valence-corrected chi connectivity index (χ2v) is 7.93. The van der Waals surface area contributed by atoms with E-state index < -0.39 is 0 Å². The molecule has 1 aliphatic heterocycles. The Labute approximate surface area is 184 Å². The molecule has 0 bridgehead atoms. The van der Waals surface area contributed by atoms with E-state index in [1.807, 2.05) is 12.1 Å². The van der Waals surface area contributed by atoms with Crippen molar-refractivity contribution in [2.75, 3.05) is 52.8 Å². The molecule has 162 valence electrons. The van der Waals surface area contributed by atoms with E-state index >= 15 is 0 Å². The number of aryl methyl sites for hydroxylation is 2. The maximum atomic E-state index is 5.67. The number of hydrogen-bond donors (Lipinski definition) is 1. The van der Waals surface area contributed by atoms with Gasteiger partial charge in [0, 0.05) is 38.4 Å². The first kappa shape index (κ1) is 22.2. The van der Waals surface area contributed by atoms with Crippen molar-refractivity contribution in [1.82, 2.24) is 9.80 Å². The van der Waals surface area contributed by atoms with Crippen molar-refractivity contribution in [3.05, 3.63) is 47.0 Å². The highest BCUT2D eigenvalue weighted by molar-refractivity contribution is 7.80. The molecule has 0 amide bonds. The van der Waals surface area contributed by atoms with Crippen LogP contribution in [0, 0.1) is 13.8 Å². The highest BCUT2D eigenvalue weighted by Gasteiger charge is 2.21. The topological polar surface area (TPSA) is 46.2 Å². The maximum absolute atomic E-state index is 5.67. The molecule has 1 N–H and O–H groups in total. The van der Waals surface area contributed by atoms with Crippen molar-refractivity contribution < 1.29 is 14.2 Å². The Morgan fingerprint density at radius 3 is 2.13 bits per heavy atom. The van der Waals surface area contributed by atoms with Crippen LogP contribution in [-0.4, -0.2) is 62.4 Å². The first-order valence-corrected chi connectivity index (χ1v) is 10.5. The number of nitrogens with zero attached hydrogens (tertiary/aromatic N) is 2. The molecule has 30 heavy (non-hydrogen) atoms. The third-order valence-electron chi connectivity index (χ3n) is 5.42. The molecule has 0 aromatic heterocycles. The Balaban J connectivity index is 1.59. The van der Waals surface area contributed by atoms with Gasteiger partial charge in [-0.2, -0.15) is 0 Å². The summed E-state index contributed by atoms with van der Waals surface area (Å²) in [6, 6.07) is 10.4. The average Bonchev–Trinajstić information content (AvgIpc) is 2.76. The van der Waals surface area contributed by atoms with Crippen LogP contribution in [0.5, 0.6) is 17.2 Å². The van der Waals surface area contributed by atoms with Crippen LogP contribution in [0.1, 0.15) is 16.7 Å². The lowest BCUT2D eigenvalue weighted by Crippen LogP contribution is -2.49. The fourth-order valence-corrected chi connectivity index (χ4v) is 3.95. The lowest BCUT2D eigenvalue weighted by Gasteiger charge is -2.36. The highest BCUT2D eigenvalue weighted by atomic mass is 32.1. The smallest absolute Gasteiger partial charge is 0.203 e. The molecule has 0 unspecified atom stereocenters. The predicted molar refractivity (Wildman–Crippen MR) is 125 cm³/mol. The average molecular weight is 430 g/mol. The van der Waals surface area contributed by atoms with Gasteiger partial charge in [0.05, 0.1) is 21.3 Å². The van der Waals surface area contributed by atoms with Gasteiger partial charge >= 0.3 is 0 Å². The molecule has 0 atom stereocenters. The number of rotatable bonds is 6. The molecule has 1 heterocycles. The monoisotopic (exact) mass is 429 g/mol. The van der Waals surface area contributed by atoms with Crippen molar-refractivity contribution in [1.29, 1.82) is 0 Å². The molecule has 7 heteroatoms. The zero-order chi connectivity index (χ0) is 21.7. The summed E-state index contributed by atoms with van der Waals surface area (Å²) in [5.74, 6) is 1.99. The lowest BCUT2D eigenvalue weighted by atomic mass is 10.1. The Morgan fingerprint density at radius 1 is 0.933 bits per heavy atom. The summed E-state index contributed by atoms with van der Waals surface area (Å²) >= 11 is 5.67. The van der Waals surface area contributed by atoms with Gasteiger partial charge in [-0.15, -0.1) is 0 Å². The van der Waals surface area contributed by atoms with Crippen LogP contribution < -0.4 is 19.5 Å². The Hall–Kier alpha value is -2.51. The summed E-state index contributed by atoms with van der Waals surface area (Å²) in [5, 5.41) is 4.21. The molecule has 3 rings (SSSR count). The lowest BCUT2D eigenvalue weighted by molar-refractivity contribution is 0.176. The van der Waals surface area contributed by atoms with Gasteiger partial charge in [-0.3, -0.25) is 4.90 Å². The number of ether oxygens (including phenoxy) is 3. The second kappa shape index (κ2) is 10.00. The number of thiocarbonyl (C=S) groups is 1. The normalized spacial score (nSPS) is 14.4. The van der Waals surface area contributed by atoms with Crippen molar-refractivity contribution in [2.45, 2.75) is 20.4 Å². The minimum atomic E-state index is 0.622. The molecule has 2 aromatic carbocycles. The third kappa shape index (κ3) is 5.15. The van der Waals surface area contributed by atoms with Crippen LogP contribution in [0.25, 0.3) is 0 Å². The van der Waals surface area contributed by atoms with Crippen molar-refractivity contribution in [3.8, 4) is 17.2 Å². The summed E-state index contributed by atoms with van der Waals surface area (Å²) in [7, 11) is 4.90. The fourth-order valence-electron chi connectivity index (χ4n) is 3.66. The number of benzene rings is 2. The molecule has 6 nitrogen and oxygen atoms in total. The molecular formula is C23H31N3O3S. The summed E-state index contributed by atoms with van der Waals surface area (Å²) in [6.07, 6.45) is 0. The first-order chi connectivity index (χ1) is 14.4. The zero-order valence-electron chi connectivity index (χ0n) is 18.4. The zero-order valence-corrected chi connectivity index (χ0v) is 19.3. The van der Waals surface area contributed by atoms with E-state index in [-0.39, 0.29) is 0 Å². The van der Waals surface area contributed by atoms with E-state index in [0.29, 0.717) is 17.2 Å². The molecule has 1 aliphatic rings. The maximum Gasteiger partial charge on any atom is 0.203 e. The minimum Gasteiger partial charge on any atom is -0.493 e. The number of hydrogen-bond acceptors (Lipinski definition) is 5. The molecule has 0 spiro atoms. The van der Waals surface area contributed by atoms with Gasteiger partial charge in [-0.25, -0.2) is 0 Å². The minimum absolute atomic E-state index is 0.622. The van der Waals surface area contributed by atoms with Crippen molar-refractivity contribution in [3.63, 3.8) is 0 Å². The number of piperazine rings is 1. The highest BCUT2D eigenvalue weighted by Crippen LogP contribution is 2.38. The predicted octanol–water partition coefficient (Wildman–Crippen LogP) is 3.84. The molecule has 0 saturated carbocycles. The largest absolute Gasteiger partial charge is 0.493 e. The summed E-state index contributed by atoms with van der Waals surface area (Å²) in [6.45, 7) is 8.66.